The lowest BCUT2D eigenvalue weighted by Gasteiger charge is -2.25. The van der Waals surface area contributed by atoms with Crippen molar-refractivity contribution in [3.8, 4) is 0 Å². The third-order valence-electron chi connectivity index (χ3n) is 2.82. The lowest BCUT2D eigenvalue weighted by molar-refractivity contribution is -0.143. The maximum atomic E-state index is 12.2. The molecule has 0 N–H and O–H groups in total. The van der Waals surface area contributed by atoms with E-state index in [1.54, 1.807) is 13.1 Å². The maximum absolute atomic E-state index is 12.2. The van der Waals surface area contributed by atoms with E-state index in [0.29, 0.717) is 13.2 Å². The van der Waals surface area contributed by atoms with Gasteiger partial charge in [-0.1, -0.05) is 6.92 Å². The molecule has 0 unspecified atom stereocenters. The molecule has 0 saturated heterocycles. The highest BCUT2D eigenvalue weighted by molar-refractivity contribution is 5.80. The van der Waals surface area contributed by atoms with Crippen LogP contribution in [-0.4, -0.2) is 39.6 Å². The van der Waals surface area contributed by atoms with Crippen LogP contribution in [0.3, 0.4) is 0 Å². The monoisotopic (exact) mass is 253 g/mol. The number of aryl methyl sites for hydroxylation is 1. The molecule has 0 spiro atoms. The van der Waals surface area contributed by atoms with Gasteiger partial charge in [0.05, 0.1) is 6.54 Å². The summed E-state index contributed by atoms with van der Waals surface area (Å²) in [7, 11) is 1.93. The first-order valence-electron chi connectivity index (χ1n) is 6.46. The van der Waals surface area contributed by atoms with E-state index in [4.69, 9.17) is 4.74 Å². The van der Waals surface area contributed by atoms with E-state index in [2.05, 4.69) is 11.9 Å². The Labute approximate surface area is 109 Å². The Morgan fingerprint density at radius 2 is 2.28 bits per heavy atom. The molecule has 102 valence electrons. The topological polar surface area (TPSA) is 47.4 Å². The molecule has 1 amide bonds. The van der Waals surface area contributed by atoms with E-state index in [0.717, 1.165) is 18.8 Å². The Balaban J connectivity index is 2.70. The van der Waals surface area contributed by atoms with Crippen molar-refractivity contribution in [2.45, 2.75) is 39.8 Å². The first-order chi connectivity index (χ1) is 8.60. The third kappa shape index (κ3) is 3.84. The number of carbonyl (C=O) groups excluding carboxylic acids is 1. The zero-order valence-electron chi connectivity index (χ0n) is 11.7. The van der Waals surface area contributed by atoms with Crippen molar-refractivity contribution in [3.63, 3.8) is 0 Å². The Bertz CT molecular complexity index is 376. The Morgan fingerprint density at radius 1 is 1.56 bits per heavy atom. The quantitative estimate of drug-likeness (QED) is 0.741. The van der Waals surface area contributed by atoms with Crippen molar-refractivity contribution < 1.29 is 9.53 Å². The molecular formula is C13H23N3O2. The molecule has 18 heavy (non-hydrogen) atoms. The summed E-state index contributed by atoms with van der Waals surface area (Å²) in [4.78, 5) is 18.3. The van der Waals surface area contributed by atoms with Gasteiger partial charge in [0.15, 0.2) is 0 Å². The summed E-state index contributed by atoms with van der Waals surface area (Å²) < 4.78 is 7.29. The van der Waals surface area contributed by atoms with E-state index in [1.165, 1.54) is 0 Å². The van der Waals surface area contributed by atoms with Gasteiger partial charge in [-0.05, 0) is 20.3 Å². The SMILES string of the molecule is CCCN(Cc1nccn1C)C(=O)[C@@H](C)OCC. The average molecular weight is 253 g/mol. The van der Waals surface area contributed by atoms with Crippen LogP contribution in [0.15, 0.2) is 12.4 Å². The Kier molecular flexibility index (Phi) is 5.85. The van der Waals surface area contributed by atoms with E-state index in [9.17, 15) is 4.79 Å². The van der Waals surface area contributed by atoms with Crippen LogP contribution < -0.4 is 0 Å². The van der Waals surface area contributed by atoms with Crippen LogP contribution in [0.5, 0.6) is 0 Å². The van der Waals surface area contributed by atoms with Gasteiger partial charge >= 0.3 is 0 Å². The molecule has 1 aromatic rings. The Morgan fingerprint density at radius 3 is 2.78 bits per heavy atom. The highest BCUT2D eigenvalue weighted by atomic mass is 16.5. The number of hydrogen-bond acceptors (Lipinski definition) is 3. The number of nitrogens with zero attached hydrogens (tertiary/aromatic N) is 3. The summed E-state index contributed by atoms with van der Waals surface area (Å²) >= 11 is 0. The van der Waals surface area contributed by atoms with E-state index in [-0.39, 0.29) is 12.0 Å². The average Bonchev–Trinajstić information content (AvgIpc) is 2.74. The molecular weight excluding hydrogens is 230 g/mol. The number of carbonyl (C=O) groups is 1. The van der Waals surface area contributed by atoms with Crippen LogP contribution >= 0.6 is 0 Å². The minimum atomic E-state index is -0.387. The molecule has 1 aromatic heterocycles. The number of imidazole rings is 1. The van der Waals surface area contributed by atoms with Gasteiger partial charge in [0.1, 0.15) is 11.9 Å². The van der Waals surface area contributed by atoms with Crippen LogP contribution in [0.4, 0.5) is 0 Å². The first-order valence-corrected chi connectivity index (χ1v) is 6.46. The van der Waals surface area contributed by atoms with Gasteiger partial charge < -0.3 is 14.2 Å². The summed E-state index contributed by atoms with van der Waals surface area (Å²) in [6, 6.07) is 0. The minimum absolute atomic E-state index is 0.0294. The number of rotatable bonds is 7. The van der Waals surface area contributed by atoms with Gasteiger partial charge in [0, 0.05) is 32.6 Å². The van der Waals surface area contributed by atoms with Gasteiger partial charge in [0.25, 0.3) is 5.91 Å². The van der Waals surface area contributed by atoms with E-state index < -0.39 is 0 Å². The molecule has 1 rings (SSSR count). The third-order valence-corrected chi connectivity index (χ3v) is 2.82. The molecule has 5 heteroatoms. The van der Waals surface area contributed by atoms with E-state index >= 15 is 0 Å². The fourth-order valence-electron chi connectivity index (χ4n) is 1.84. The molecule has 1 heterocycles. The number of amides is 1. The molecule has 0 radical (unpaired) electrons. The highest BCUT2D eigenvalue weighted by Gasteiger charge is 2.21. The Hall–Kier alpha value is -1.36. The largest absolute Gasteiger partial charge is 0.369 e. The summed E-state index contributed by atoms with van der Waals surface area (Å²) in [5, 5.41) is 0. The zero-order chi connectivity index (χ0) is 13.5. The van der Waals surface area contributed by atoms with Gasteiger partial charge in [-0.15, -0.1) is 0 Å². The van der Waals surface area contributed by atoms with Gasteiger partial charge in [-0.2, -0.15) is 0 Å². The fourth-order valence-corrected chi connectivity index (χ4v) is 1.84. The summed E-state index contributed by atoms with van der Waals surface area (Å²) in [6.07, 6.45) is 4.17. The second-order valence-electron chi connectivity index (χ2n) is 4.31. The molecule has 5 nitrogen and oxygen atoms in total. The van der Waals surface area contributed by atoms with Crippen molar-refractivity contribution >= 4 is 5.91 Å². The molecule has 0 saturated carbocycles. The van der Waals surface area contributed by atoms with Gasteiger partial charge in [-0.25, -0.2) is 4.98 Å². The molecule has 0 bridgehead atoms. The van der Waals surface area contributed by atoms with Crippen LogP contribution in [0.2, 0.25) is 0 Å². The second kappa shape index (κ2) is 7.16. The lowest BCUT2D eigenvalue weighted by atomic mass is 10.3. The van der Waals surface area contributed by atoms with E-state index in [1.807, 2.05) is 29.6 Å². The first kappa shape index (κ1) is 14.7. The van der Waals surface area contributed by atoms with Crippen LogP contribution in [0.1, 0.15) is 33.0 Å². The maximum Gasteiger partial charge on any atom is 0.251 e. The molecule has 0 aliphatic rings. The van der Waals surface area contributed by atoms with Crippen LogP contribution in [0.25, 0.3) is 0 Å². The molecule has 0 aliphatic carbocycles. The number of aromatic nitrogens is 2. The fraction of sp³-hybridized carbons (Fsp3) is 0.692. The summed E-state index contributed by atoms with van der Waals surface area (Å²) in [5.74, 6) is 0.919. The highest BCUT2D eigenvalue weighted by Crippen LogP contribution is 2.07. The lowest BCUT2D eigenvalue weighted by Crippen LogP contribution is -2.39. The summed E-state index contributed by atoms with van der Waals surface area (Å²) in [6.45, 7) is 7.57. The van der Waals surface area contributed by atoms with Crippen molar-refractivity contribution in [1.82, 2.24) is 14.5 Å². The number of ether oxygens (including phenoxy) is 1. The molecule has 0 aliphatic heterocycles. The smallest absolute Gasteiger partial charge is 0.251 e. The predicted molar refractivity (Wildman–Crippen MR) is 70.0 cm³/mol. The summed E-state index contributed by atoms with van der Waals surface area (Å²) in [5.41, 5.74) is 0. The number of hydrogen-bond donors (Lipinski definition) is 0. The van der Waals surface area contributed by atoms with Gasteiger partial charge in [0.2, 0.25) is 0 Å². The van der Waals surface area contributed by atoms with Crippen molar-refractivity contribution in [2.24, 2.45) is 7.05 Å². The normalized spacial score (nSPS) is 12.4. The van der Waals surface area contributed by atoms with Crippen molar-refractivity contribution in [1.29, 1.82) is 0 Å². The van der Waals surface area contributed by atoms with Crippen molar-refractivity contribution in [2.75, 3.05) is 13.2 Å². The molecule has 0 fully saturated rings. The second-order valence-corrected chi connectivity index (χ2v) is 4.31. The van der Waals surface area contributed by atoms with Gasteiger partial charge in [-0.3, -0.25) is 4.79 Å². The van der Waals surface area contributed by atoms with Crippen LogP contribution in [0, 0.1) is 0 Å². The minimum Gasteiger partial charge on any atom is -0.369 e. The predicted octanol–water partition coefficient (Wildman–Crippen LogP) is 1.58. The van der Waals surface area contributed by atoms with Crippen LogP contribution in [-0.2, 0) is 23.1 Å². The molecule has 1 atom stereocenters. The standard InChI is InChI=1S/C13H23N3O2/c1-5-8-16(13(17)11(3)18-6-2)10-12-14-7-9-15(12)4/h7,9,11H,5-6,8,10H2,1-4H3/t11-/m1/s1. The molecule has 0 aromatic carbocycles. The van der Waals surface area contributed by atoms with Crippen molar-refractivity contribution in [3.05, 3.63) is 18.2 Å². The zero-order valence-corrected chi connectivity index (χ0v) is 11.7.